The van der Waals surface area contributed by atoms with E-state index >= 15 is 0 Å². The Morgan fingerprint density at radius 1 is 1.17 bits per heavy atom. The molecule has 0 aromatic heterocycles. The van der Waals surface area contributed by atoms with Gasteiger partial charge in [0, 0.05) is 19.8 Å². The van der Waals surface area contributed by atoms with E-state index in [0.717, 1.165) is 6.42 Å². The number of ether oxygens (including phenoxy) is 2. The standard InChI is InChI=1S/C16H28NO5P/c1-3-21-16(22-4-2)23(19,20)13-15(18)12-17-11-10-14-8-6-5-7-9-14/h5-9,15-18H,3-4,10-13H2,1-2H3,(H,19,20)/t15-/m0/s1. The van der Waals surface area contributed by atoms with Gasteiger partial charge in [0.15, 0.2) is 0 Å². The third kappa shape index (κ3) is 8.06. The Bertz CT molecular complexity index is 465. The van der Waals surface area contributed by atoms with Gasteiger partial charge in [0.25, 0.3) is 7.37 Å². The summed E-state index contributed by atoms with van der Waals surface area (Å²) in [6.07, 6.45) is -0.342. The second-order valence-corrected chi connectivity index (χ2v) is 7.55. The number of rotatable bonds is 12. The number of hydrogen-bond acceptors (Lipinski definition) is 5. The molecule has 0 aliphatic heterocycles. The lowest BCUT2D eigenvalue weighted by Gasteiger charge is -2.24. The summed E-state index contributed by atoms with van der Waals surface area (Å²) in [7, 11) is -3.73. The van der Waals surface area contributed by atoms with Crippen molar-refractivity contribution in [2.24, 2.45) is 0 Å². The molecule has 2 atom stereocenters. The van der Waals surface area contributed by atoms with Crippen molar-refractivity contribution in [3.8, 4) is 0 Å². The van der Waals surface area contributed by atoms with Crippen LogP contribution in [0.4, 0.5) is 0 Å². The summed E-state index contributed by atoms with van der Waals surface area (Å²) in [5.41, 5.74) is 1.20. The van der Waals surface area contributed by atoms with Crippen LogP contribution in [0.25, 0.3) is 0 Å². The normalized spacial score (nSPS) is 15.5. The van der Waals surface area contributed by atoms with E-state index in [4.69, 9.17) is 9.47 Å². The fraction of sp³-hybridized carbons (Fsp3) is 0.625. The summed E-state index contributed by atoms with van der Waals surface area (Å²) in [5, 5.41) is 13.1. The van der Waals surface area contributed by atoms with Crippen LogP contribution in [0.15, 0.2) is 30.3 Å². The maximum atomic E-state index is 12.3. The van der Waals surface area contributed by atoms with E-state index in [-0.39, 0.29) is 25.9 Å². The van der Waals surface area contributed by atoms with Crippen molar-refractivity contribution in [1.82, 2.24) is 5.32 Å². The van der Waals surface area contributed by atoms with Crippen LogP contribution >= 0.6 is 7.37 Å². The zero-order chi connectivity index (χ0) is 17.1. The molecule has 0 radical (unpaired) electrons. The predicted molar refractivity (Wildman–Crippen MR) is 90.8 cm³/mol. The van der Waals surface area contributed by atoms with Gasteiger partial charge in [-0.05, 0) is 32.4 Å². The van der Waals surface area contributed by atoms with Gasteiger partial charge in [-0.1, -0.05) is 30.3 Å². The fourth-order valence-corrected chi connectivity index (χ4v) is 3.83. The van der Waals surface area contributed by atoms with Crippen LogP contribution in [0, 0.1) is 0 Å². The maximum absolute atomic E-state index is 12.3. The van der Waals surface area contributed by atoms with Crippen molar-refractivity contribution in [3.05, 3.63) is 35.9 Å². The maximum Gasteiger partial charge on any atom is 0.257 e. The third-order valence-electron chi connectivity index (χ3n) is 3.23. The molecule has 7 heteroatoms. The van der Waals surface area contributed by atoms with Gasteiger partial charge in [0.1, 0.15) is 0 Å². The molecule has 23 heavy (non-hydrogen) atoms. The number of aliphatic hydroxyl groups is 1. The smallest absolute Gasteiger partial charge is 0.257 e. The number of aliphatic hydroxyl groups excluding tert-OH is 1. The minimum Gasteiger partial charge on any atom is -0.391 e. The van der Waals surface area contributed by atoms with E-state index < -0.39 is 19.5 Å². The second kappa shape index (κ2) is 10.9. The molecule has 0 bridgehead atoms. The average molecular weight is 345 g/mol. The largest absolute Gasteiger partial charge is 0.391 e. The van der Waals surface area contributed by atoms with Crippen LogP contribution in [0.2, 0.25) is 0 Å². The number of hydrogen-bond donors (Lipinski definition) is 3. The lowest BCUT2D eigenvalue weighted by atomic mass is 10.1. The average Bonchev–Trinajstić information content (AvgIpc) is 2.52. The molecule has 132 valence electrons. The molecule has 0 heterocycles. The van der Waals surface area contributed by atoms with Gasteiger partial charge in [-0.2, -0.15) is 0 Å². The Morgan fingerprint density at radius 2 is 1.78 bits per heavy atom. The lowest BCUT2D eigenvalue weighted by Crippen LogP contribution is -2.32. The third-order valence-corrected chi connectivity index (χ3v) is 5.14. The van der Waals surface area contributed by atoms with E-state index in [0.29, 0.717) is 6.54 Å². The monoisotopic (exact) mass is 345 g/mol. The van der Waals surface area contributed by atoms with Crippen molar-refractivity contribution in [2.45, 2.75) is 32.4 Å². The lowest BCUT2D eigenvalue weighted by molar-refractivity contribution is -0.0876. The van der Waals surface area contributed by atoms with Gasteiger partial charge in [0.05, 0.1) is 12.3 Å². The van der Waals surface area contributed by atoms with Gasteiger partial charge < -0.3 is 24.8 Å². The summed E-state index contributed by atoms with van der Waals surface area (Å²) in [6.45, 7) is 4.96. The van der Waals surface area contributed by atoms with Gasteiger partial charge in [-0.15, -0.1) is 0 Å². The molecule has 6 nitrogen and oxygen atoms in total. The Kier molecular flexibility index (Phi) is 9.63. The fourth-order valence-electron chi connectivity index (χ4n) is 2.16. The molecule has 1 unspecified atom stereocenters. The summed E-state index contributed by atoms with van der Waals surface area (Å²) < 4.78 is 22.6. The zero-order valence-electron chi connectivity index (χ0n) is 13.9. The van der Waals surface area contributed by atoms with E-state index in [1.54, 1.807) is 13.8 Å². The van der Waals surface area contributed by atoms with Crippen LogP contribution in [-0.2, 0) is 20.5 Å². The molecule has 0 saturated heterocycles. The summed E-state index contributed by atoms with van der Waals surface area (Å²) in [5.74, 6) is 0. The van der Waals surface area contributed by atoms with Crippen LogP contribution in [0.1, 0.15) is 19.4 Å². The van der Waals surface area contributed by atoms with Gasteiger partial charge >= 0.3 is 0 Å². The zero-order valence-corrected chi connectivity index (χ0v) is 14.7. The van der Waals surface area contributed by atoms with Gasteiger partial charge in [0.2, 0.25) is 6.03 Å². The van der Waals surface area contributed by atoms with E-state index in [1.165, 1.54) is 5.56 Å². The first kappa shape index (κ1) is 20.3. The minimum absolute atomic E-state index is 0.252. The summed E-state index contributed by atoms with van der Waals surface area (Å²) in [6, 6.07) is 8.83. The van der Waals surface area contributed by atoms with Crippen molar-refractivity contribution >= 4 is 7.37 Å². The van der Waals surface area contributed by atoms with E-state index in [1.807, 2.05) is 30.3 Å². The Labute approximate surface area is 138 Å². The van der Waals surface area contributed by atoms with Gasteiger partial charge in [-0.25, -0.2) is 0 Å². The van der Waals surface area contributed by atoms with Crippen LogP contribution in [-0.4, -0.2) is 54.6 Å². The Balaban J connectivity index is 2.33. The Hall–Kier alpha value is -0.750. The summed E-state index contributed by atoms with van der Waals surface area (Å²) >= 11 is 0. The highest BCUT2D eigenvalue weighted by Crippen LogP contribution is 2.47. The predicted octanol–water partition coefficient (Wildman–Crippen LogP) is 1.81. The molecule has 1 rings (SSSR count). The van der Waals surface area contributed by atoms with Crippen LogP contribution < -0.4 is 5.32 Å². The van der Waals surface area contributed by atoms with Crippen molar-refractivity contribution in [1.29, 1.82) is 0 Å². The van der Waals surface area contributed by atoms with Gasteiger partial charge in [-0.3, -0.25) is 4.57 Å². The van der Waals surface area contributed by atoms with Crippen molar-refractivity contribution < 1.29 is 24.0 Å². The molecular weight excluding hydrogens is 317 g/mol. The molecule has 3 N–H and O–H groups in total. The molecule has 0 amide bonds. The highest BCUT2D eigenvalue weighted by molar-refractivity contribution is 7.58. The molecule has 0 aliphatic carbocycles. The molecule has 1 aromatic rings. The van der Waals surface area contributed by atoms with Crippen LogP contribution in [0.5, 0.6) is 0 Å². The van der Waals surface area contributed by atoms with Crippen molar-refractivity contribution in [2.75, 3.05) is 32.5 Å². The Morgan fingerprint density at radius 3 is 2.35 bits per heavy atom. The van der Waals surface area contributed by atoms with Crippen molar-refractivity contribution in [3.63, 3.8) is 0 Å². The SMILES string of the molecule is CCOC(OCC)P(=O)(O)C[C@@H](O)CNCCc1ccccc1. The van der Waals surface area contributed by atoms with E-state index in [9.17, 15) is 14.6 Å². The van der Waals surface area contributed by atoms with E-state index in [2.05, 4.69) is 5.32 Å². The highest BCUT2D eigenvalue weighted by Gasteiger charge is 2.34. The molecule has 1 aromatic carbocycles. The molecular formula is C16H28NO5P. The van der Waals surface area contributed by atoms with Crippen LogP contribution in [0.3, 0.4) is 0 Å². The summed E-state index contributed by atoms with van der Waals surface area (Å²) in [4.78, 5) is 10.1. The molecule has 0 fully saturated rings. The minimum atomic E-state index is -3.73. The molecule has 0 saturated carbocycles. The topological polar surface area (TPSA) is 88.0 Å². The second-order valence-electron chi connectivity index (χ2n) is 5.25. The first-order chi connectivity index (χ1) is 11.0. The first-order valence-corrected chi connectivity index (χ1v) is 9.88. The molecule has 0 aliphatic rings. The molecule has 0 spiro atoms. The first-order valence-electron chi connectivity index (χ1n) is 7.97. The highest BCUT2D eigenvalue weighted by atomic mass is 31.2. The number of nitrogens with one attached hydrogen (secondary N) is 1. The number of benzene rings is 1. The quantitative estimate of drug-likeness (QED) is 0.304.